The van der Waals surface area contributed by atoms with Crippen LogP contribution >= 0.6 is 0 Å². The molecule has 0 aliphatic rings. The molecule has 1 rings (SSSR count). The Balaban J connectivity index is 2.41. The molecule has 1 aromatic rings. The first-order valence-electron chi connectivity index (χ1n) is 5.63. The van der Waals surface area contributed by atoms with Crippen molar-refractivity contribution in [1.29, 1.82) is 0 Å². The van der Waals surface area contributed by atoms with Gasteiger partial charge in [-0.15, -0.1) is 0 Å². The maximum absolute atomic E-state index is 9.90. The summed E-state index contributed by atoms with van der Waals surface area (Å²) in [5.41, 5.74) is 2.13. The van der Waals surface area contributed by atoms with Crippen molar-refractivity contribution in [3.05, 3.63) is 48.0 Å². The fraction of sp³-hybridized carbons (Fsp3) is 0.429. The summed E-state index contributed by atoms with van der Waals surface area (Å²) in [6.45, 7) is 6.09. The van der Waals surface area contributed by atoms with Crippen molar-refractivity contribution in [1.82, 2.24) is 0 Å². The summed E-state index contributed by atoms with van der Waals surface area (Å²) >= 11 is 0. The molecule has 0 fully saturated rings. The molecule has 0 spiro atoms. The van der Waals surface area contributed by atoms with E-state index in [1.54, 1.807) is 0 Å². The van der Waals surface area contributed by atoms with Crippen molar-refractivity contribution in [2.75, 3.05) is 0 Å². The molecule has 1 unspecified atom stereocenters. The van der Waals surface area contributed by atoms with E-state index in [0.717, 1.165) is 24.8 Å². The summed E-state index contributed by atoms with van der Waals surface area (Å²) in [4.78, 5) is 0. The van der Waals surface area contributed by atoms with Gasteiger partial charge in [-0.25, -0.2) is 0 Å². The van der Waals surface area contributed by atoms with Gasteiger partial charge in [0.1, 0.15) is 0 Å². The van der Waals surface area contributed by atoms with Gasteiger partial charge < -0.3 is 5.11 Å². The van der Waals surface area contributed by atoms with Crippen LogP contribution in [-0.2, 0) is 6.42 Å². The van der Waals surface area contributed by atoms with E-state index in [4.69, 9.17) is 0 Å². The summed E-state index contributed by atoms with van der Waals surface area (Å²) in [6, 6.07) is 10.1. The van der Waals surface area contributed by atoms with E-state index in [1.165, 1.54) is 5.56 Å². The van der Waals surface area contributed by atoms with E-state index < -0.39 is 0 Å². The lowest BCUT2D eigenvalue weighted by molar-refractivity contribution is 0.207. The third kappa shape index (κ3) is 4.30. The Bertz CT molecular complexity index is 289. The van der Waals surface area contributed by atoms with E-state index in [-0.39, 0.29) is 6.10 Å². The zero-order valence-electron chi connectivity index (χ0n) is 9.45. The number of benzene rings is 1. The van der Waals surface area contributed by atoms with E-state index in [0.29, 0.717) is 6.42 Å². The first kappa shape index (κ1) is 12.0. The largest absolute Gasteiger partial charge is 0.388 e. The molecule has 0 amide bonds. The molecule has 0 aliphatic carbocycles. The Morgan fingerprint density at radius 2 is 2.00 bits per heavy atom. The molecule has 1 heteroatoms. The fourth-order valence-corrected chi connectivity index (χ4v) is 1.55. The second-order valence-electron chi connectivity index (χ2n) is 3.97. The van der Waals surface area contributed by atoms with Gasteiger partial charge in [0.2, 0.25) is 0 Å². The first-order valence-corrected chi connectivity index (χ1v) is 5.63. The van der Waals surface area contributed by atoms with Gasteiger partial charge in [0, 0.05) is 6.42 Å². The summed E-state index contributed by atoms with van der Waals surface area (Å²) < 4.78 is 0. The maximum Gasteiger partial charge on any atom is 0.0787 e. The minimum atomic E-state index is -0.390. The molecule has 1 aromatic carbocycles. The van der Waals surface area contributed by atoms with Crippen LogP contribution in [0.1, 0.15) is 31.7 Å². The molecule has 1 N–H and O–H groups in total. The lowest BCUT2D eigenvalue weighted by Gasteiger charge is -2.13. The van der Waals surface area contributed by atoms with Crippen molar-refractivity contribution in [2.45, 2.75) is 38.7 Å². The Hall–Kier alpha value is -1.08. The van der Waals surface area contributed by atoms with Gasteiger partial charge in [0.25, 0.3) is 0 Å². The Morgan fingerprint density at radius 1 is 1.33 bits per heavy atom. The van der Waals surface area contributed by atoms with Gasteiger partial charge in [-0.1, -0.05) is 50.3 Å². The number of hydrogen-bond donors (Lipinski definition) is 1. The number of aliphatic hydroxyl groups is 1. The molecule has 0 aromatic heterocycles. The normalized spacial score (nSPS) is 12.4. The summed E-state index contributed by atoms with van der Waals surface area (Å²) in [5.74, 6) is 0. The minimum absolute atomic E-state index is 0.390. The Labute approximate surface area is 92.5 Å². The van der Waals surface area contributed by atoms with Crippen LogP contribution in [0.15, 0.2) is 42.5 Å². The van der Waals surface area contributed by atoms with E-state index in [1.807, 2.05) is 30.3 Å². The van der Waals surface area contributed by atoms with Crippen LogP contribution in [0.2, 0.25) is 0 Å². The quantitative estimate of drug-likeness (QED) is 0.705. The van der Waals surface area contributed by atoms with Crippen LogP contribution in [0.25, 0.3) is 0 Å². The molecule has 0 aliphatic heterocycles. The molecule has 82 valence electrons. The lowest BCUT2D eigenvalue weighted by atomic mass is 9.99. The van der Waals surface area contributed by atoms with Crippen molar-refractivity contribution < 1.29 is 5.11 Å². The monoisotopic (exact) mass is 204 g/mol. The van der Waals surface area contributed by atoms with Crippen LogP contribution in [0, 0.1) is 0 Å². The molecular formula is C14H20O. The van der Waals surface area contributed by atoms with Crippen LogP contribution in [0.3, 0.4) is 0 Å². The number of unbranched alkanes of at least 4 members (excludes halogenated alkanes) is 1. The van der Waals surface area contributed by atoms with Gasteiger partial charge in [-0.3, -0.25) is 0 Å². The smallest absolute Gasteiger partial charge is 0.0787 e. The topological polar surface area (TPSA) is 20.2 Å². The molecule has 15 heavy (non-hydrogen) atoms. The predicted molar refractivity (Wildman–Crippen MR) is 64.8 cm³/mol. The van der Waals surface area contributed by atoms with E-state index in [2.05, 4.69) is 13.5 Å². The van der Waals surface area contributed by atoms with E-state index in [9.17, 15) is 5.11 Å². The lowest BCUT2D eigenvalue weighted by Crippen LogP contribution is -2.13. The molecule has 0 bridgehead atoms. The highest BCUT2D eigenvalue weighted by Crippen LogP contribution is 2.14. The average molecular weight is 204 g/mol. The zero-order valence-corrected chi connectivity index (χ0v) is 9.45. The summed E-state index contributed by atoms with van der Waals surface area (Å²) in [6.07, 6.45) is 3.49. The number of hydrogen-bond acceptors (Lipinski definition) is 1. The molecular weight excluding hydrogens is 184 g/mol. The fourth-order valence-electron chi connectivity index (χ4n) is 1.55. The van der Waals surface area contributed by atoms with Crippen LogP contribution in [-0.4, -0.2) is 11.2 Å². The summed E-state index contributed by atoms with van der Waals surface area (Å²) in [7, 11) is 0. The van der Waals surface area contributed by atoms with Crippen LogP contribution in [0.5, 0.6) is 0 Å². The van der Waals surface area contributed by atoms with Crippen molar-refractivity contribution in [3.63, 3.8) is 0 Å². The van der Waals surface area contributed by atoms with Gasteiger partial charge in [0.15, 0.2) is 0 Å². The van der Waals surface area contributed by atoms with Crippen molar-refractivity contribution in [3.8, 4) is 0 Å². The van der Waals surface area contributed by atoms with Crippen LogP contribution in [0.4, 0.5) is 0 Å². The highest BCUT2D eigenvalue weighted by molar-refractivity contribution is 5.18. The third-order valence-corrected chi connectivity index (χ3v) is 2.59. The average Bonchev–Trinajstić information content (AvgIpc) is 2.27. The second-order valence-corrected chi connectivity index (χ2v) is 3.97. The highest BCUT2D eigenvalue weighted by atomic mass is 16.3. The zero-order chi connectivity index (χ0) is 11.1. The minimum Gasteiger partial charge on any atom is -0.388 e. The first-order chi connectivity index (χ1) is 7.24. The number of rotatable bonds is 6. The van der Waals surface area contributed by atoms with Crippen LogP contribution < -0.4 is 0 Å². The van der Waals surface area contributed by atoms with Gasteiger partial charge in [-0.2, -0.15) is 0 Å². The highest BCUT2D eigenvalue weighted by Gasteiger charge is 2.08. The Morgan fingerprint density at radius 3 is 2.60 bits per heavy atom. The SMILES string of the molecule is C=C(CCCC)C(O)Cc1ccccc1. The molecule has 1 nitrogen and oxygen atoms in total. The predicted octanol–water partition coefficient (Wildman–Crippen LogP) is 3.34. The second kappa shape index (κ2) is 6.41. The number of aliphatic hydroxyl groups excluding tert-OH is 1. The van der Waals surface area contributed by atoms with Gasteiger partial charge >= 0.3 is 0 Å². The molecule has 0 saturated carbocycles. The van der Waals surface area contributed by atoms with Crippen molar-refractivity contribution in [2.24, 2.45) is 0 Å². The molecule has 0 radical (unpaired) electrons. The molecule has 0 saturated heterocycles. The van der Waals surface area contributed by atoms with E-state index >= 15 is 0 Å². The summed E-state index contributed by atoms with van der Waals surface area (Å²) in [5, 5.41) is 9.90. The standard InChI is InChI=1S/C14H20O/c1-3-4-8-12(2)14(15)11-13-9-6-5-7-10-13/h5-7,9-10,14-15H,2-4,8,11H2,1H3. The van der Waals surface area contributed by atoms with Gasteiger partial charge in [0.05, 0.1) is 6.10 Å². The Kier molecular flexibility index (Phi) is 5.13. The van der Waals surface area contributed by atoms with Crippen molar-refractivity contribution >= 4 is 0 Å². The van der Waals surface area contributed by atoms with Gasteiger partial charge in [-0.05, 0) is 24.0 Å². The maximum atomic E-state index is 9.90. The third-order valence-electron chi connectivity index (χ3n) is 2.59. The molecule has 1 atom stereocenters. The molecule has 0 heterocycles.